The van der Waals surface area contributed by atoms with Crippen molar-refractivity contribution in [3.8, 4) is 5.75 Å². The molecule has 13 fully saturated rings. The van der Waals surface area contributed by atoms with Gasteiger partial charge in [0.25, 0.3) is 0 Å². The van der Waals surface area contributed by atoms with Gasteiger partial charge in [0.05, 0.1) is 6.61 Å². The molecule has 12 aliphatic carbocycles. The molecule has 0 spiro atoms. The summed E-state index contributed by atoms with van der Waals surface area (Å²) in [5, 5.41) is 0. The van der Waals surface area contributed by atoms with Gasteiger partial charge in [-0.1, -0.05) is 6.07 Å². The number of benzene rings is 1. The lowest BCUT2D eigenvalue weighted by atomic mass is 9.43. The van der Waals surface area contributed by atoms with Gasteiger partial charge in [-0.2, -0.15) is 0 Å². The van der Waals surface area contributed by atoms with Crippen molar-refractivity contribution in [2.24, 2.45) is 53.3 Å². The molecule has 0 radical (unpaired) electrons. The smallest absolute Gasteiger partial charge is 0.127 e. The van der Waals surface area contributed by atoms with Gasteiger partial charge in [-0.15, -0.1) is 0 Å². The SMILES string of the molecule is Cc1cc(C23CC4CC(CC(C4)C2)C3)c(C23CC4CC(CC(C4)C2)C3)c(OCC2CO2)c1C12CC3CC(CC(C3)C1)C2. The molecule has 0 N–H and O–H groups in total. The first-order valence-electron chi connectivity index (χ1n) is 18.9. The van der Waals surface area contributed by atoms with Crippen molar-refractivity contribution in [1.29, 1.82) is 0 Å². The van der Waals surface area contributed by atoms with Crippen LogP contribution in [0.3, 0.4) is 0 Å². The first-order chi connectivity index (χ1) is 20.4. The lowest BCUT2D eigenvalue weighted by molar-refractivity contribution is -0.0201. The monoisotopic (exact) mass is 566 g/mol. The summed E-state index contributed by atoms with van der Waals surface area (Å²) in [6.07, 6.45) is 27.4. The maximum atomic E-state index is 7.43. The van der Waals surface area contributed by atoms with E-state index < -0.39 is 0 Å². The molecule has 1 aromatic carbocycles. The fourth-order valence-corrected chi connectivity index (χ4v) is 16.2. The Balaban J connectivity index is 1.16. The largest absolute Gasteiger partial charge is 0.490 e. The fourth-order valence-electron chi connectivity index (χ4n) is 16.2. The molecule has 2 heteroatoms. The Morgan fingerprint density at radius 1 is 0.571 bits per heavy atom. The minimum atomic E-state index is 0.335. The molecule has 0 aromatic heterocycles. The molecule has 1 atom stereocenters. The third-order valence-corrected chi connectivity index (χ3v) is 16.0. The second-order valence-corrected chi connectivity index (χ2v) is 19.2. The highest BCUT2D eigenvalue weighted by Gasteiger charge is 2.60. The van der Waals surface area contributed by atoms with Gasteiger partial charge in [0.15, 0.2) is 0 Å². The molecule has 14 rings (SSSR count). The fraction of sp³-hybridized carbons (Fsp3) is 0.850. The summed E-state index contributed by atoms with van der Waals surface area (Å²) in [5.41, 5.74) is 8.31. The summed E-state index contributed by atoms with van der Waals surface area (Å²) < 4.78 is 13.3. The highest BCUT2D eigenvalue weighted by molar-refractivity contribution is 5.61. The third-order valence-electron chi connectivity index (χ3n) is 16.0. The Morgan fingerprint density at radius 3 is 1.31 bits per heavy atom. The van der Waals surface area contributed by atoms with E-state index in [-0.39, 0.29) is 0 Å². The Labute approximate surface area is 254 Å². The molecule has 1 aromatic rings. The van der Waals surface area contributed by atoms with Crippen LogP contribution in [0.5, 0.6) is 5.75 Å². The predicted molar refractivity (Wildman–Crippen MR) is 166 cm³/mol. The lowest BCUT2D eigenvalue weighted by Gasteiger charge is -2.62. The number of hydrogen-bond acceptors (Lipinski definition) is 2. The van der Waals surface area contributed by atoms with Gasteiger partial charge in [-0.05, 0) is 192 Å². The Kier molecular flexibility index (Phi) is 5.05. The molecular formula is C40H54O2. The molecule has 12 bridgehead atoms. The lowest BCUT2D eigenvalue weighted by Crippen LogP contribution is -2.53. The quantitative estimate of drug-likeness (QED) is 0.320. The minimum Gasteiger partial charge on any atom is -0.490 e. The van der Waals surface area contributed by atoms with E-state index in [0.717, 1.165) is 66.5 Å². The highest BCUT2D eigenvalue weighted by atomic mass is 16.6. The van der Waals surface area contributed by atoms with Crippen LogP contribution in [-0.4, -0.2) is 19.3 Å². The number of aryl methyl sites for hydroxylation is 1. The Bertz CT molecular complexity index is 1210. The molecular weight excluding hydrogens is 512 g/mol. The van der Waals surface area contributed by atoms with E-state index in [0.29, 0.717) is 22.3 Å². The van der Waals surface area contributed by atoms with Crippen LogP contribution in [-0.2, 0) is 21.0 Å². The second-order valence-electron chi connectivity index (χ2n) is 19.2. The van der Waals surface area contributed by atoms with E-state index >= 15 is 0 Å². The van der Waals surface area contributed by atoms with Crippen molar-refractivity contribution in [2.75, 3.05) is 13.2 Å². The molecule has 0 amide bonds. The maximum Gasteiger partial charge on any atom is 0.127 e. The summed E-state index contributed by atoms with van der Waals surface area (Å²) in [5.74, 6) is 10.3. The van der Waals surface area contributed by atoms with Crippen molar-refractivity contribution < 1.29 is 9.47 Å². The van der Waals surface area contributed by atoms with E-state index in [1.165, 1.54) is 121 Å². The van der Waals surface area contributed by atoms with Crippen LogP contribution >= 0.6 is 0 Å². The molecule has 1 heterocycles. The average Bonchev–Trinajstić information content (AvgIpc) is 3.74. The normalized spacial score (nSPS) is 53.7. The van der Waals surface area contributed by atoms with E-state index in [2.05, 4.69) is 13.0 Å². The summed E-state index contributed by atoms with van der Waals surface area (Å²) >= 11 is 0. The van der Waals surface area contributed by atoms with Gasteiger partial charge in [0.1, 0.15) is 18.5 Å². The van der Waals surface area contributed by atoms with E-state index in [1.54, 1.807) is 11.1 Å². The van der Waals surface area contributed by atoms with Gasteiger partial charge >= 0.3 is 0 Å². The molecule has 42 heavy (non-hydrogen) atoms. The number of epoxide rings is 1. The van der Waals surface area contributed by atoms with Gasteiger partial charge in [-0.3, -0.25) is 0 Å². The van der Waals surface area contributed by atoms with Crippen LogP contribution < -0.4 is 4.74 Å². The van der Waals surface area contributed by atoms with Gasteiger partial charge in [0, 0.05) is 22.0 Å². The van der Waals surface area contributed by atoms with Crippen molar-refractivity contribution >= 4 is 0 Å². The third kappa shape index (κ3) is 3.54. The topological polar surface area (TPSA) is 21.8 Å². The van der Waals surface area contributed by atoms with E-state index in [9.17, 15) is 0 Å². The maximum absolute atomic E-state index is 7.43. The average molecular weight is 567 g/mol. The first kappa shape index (κ1) is 25.2. The van der Waals surface area contributed by atoms with Crippen molar-refractivity contribution in [3.63, 3.8) is 0 Å². The summed E-state index contributed by atoms with van der Waals surface area (Å²) in [7, 11) is 0. The van der Waals surface area contributed by atoms with Crippen LogP contribution in [0, 0.1) is 60.2 Å². The Morgan fingerprint density at radius 2 is 0.929 bits per heavy atom. The summed E-state index contributed by atoms with van der Waals surface area (Å²) in [6.45, 7) is 4.26. The molecule has 1 aliphatic heterocycles. The van der Waals surface area contributed by atoms with Crippen LogP contribution in [0.25, 0.3) is 0 Å². The van der Waals surface area contributed by atoms with Gasteiger partial charge < -0.3 is 9.47 Å². The van der Waals surface area contributed by atoms with E-state index in [1.807, 2.05) is 11.1 Å². The zero-order chi connectivity index (χ0) is 27.4. The molecule has 1 saturated heterocycles. The molecule has 2 nitrogen and oxygen atoms in total. The summed E-state index contributed by atoms with van der Waals surface area (Å²) in [4.78, 5) is 0. The molecule has 1 unspecified atom stereocenters. The number of hydrogen-bond donors (Lipinski definition) is 0. The van der Waals surface area contributed by atoms with E-state index in [4.69, 9.17) is 9.47 Å². The highest BCUT2D eigenvalue weighted by Crippen LogP contribution is 2.69. The van der Waals surface area contributed by atoms with Crippen LogP contribution in [0.2, 0.25) is 0 Å². The number of ether oxygens (including phenoxy) is 2. The second kappa shape index (κ2) is 8.41. The van der Waals surface area contributed by atoms with Crippen molar-refractivity contribution in [3.05, 3.63) is 28.3 Å². The standard InChI is InChI=1S/C40H54O2/c1-23-2-34(38-12-24-3-25(13-38)5-26(4-24)14-38)36(40-18-30-9-31(19-40)11-32(10-30)20-40)37(42-22-33-21-41-33)35(23)39-15-27-6-28(16-39)8-29(7-27)17-39/h2,24-33H,3-22H2,1H3. The summed E-state index contributed by atoms with van der Waals surface area (Å²) in [6, 6.07) is 2.90. The molecule has 226 valence electrons. The molecule has 12 saturated carbocycles. The first-order valence-corrected chi connectivity index (χ1v) is 18.9. The van der Waals surface area contributed by atoms with Crippen LogP contribution in [0.15, 0.2) is 6.07 Å². The van der Waals surface area contributed by atoms with Gasteiger partial charge in [-0.25, -0.2) is 0 Å². The van der Waals surface area contributed by atoms with Crippen LogP contribution in [0.1, 0.15) is 138 Å². The molecule has 13 aliphatic rings. The minimum absolute atomic E-state index is 0.335. The predicted octanol–water partition coefficient (Wildman–Crippen LogP) is 9.18. The zero-order valence-electron chi connectivity index (χ0n) is 26.3. The van der Waals surface area contributed by atoms with Crippen molar-refractivity contribution in [2.45, 2.75) is 145 Å². The van der Waals surface area contributed by atoms with Crippen LogP contribution in [0.4, 0.5) is 0 Å². The van der Waals surface area contributed by atoms with Crippen molar-refractivity contribution in [1.82, 2.24) is 0 Å². The Hall–Kier alpha value is -1.02. The number of rotatable bonds is 6. The zero-order valence-corrected chi connectivity index (χ0v) is 26.3. The van der Waals surface area contributed by atoms with Gasteiger partial charge in [0.2, 0.25) is 0 Å².